The Labute approximate surface area is 133 Å². The van der Waals surface area contributed by atoms with Gasteiger partial charge in [0, 0.05) is 0 Å². The summed E-state index contributed by atoms with van der Waals surface area (Å²) in [5, 5.41) is 8.45. The topological polar surface area (TPSA) is 37.3 Å². The fourth-order valence-electron chi connectivity index (χ4n) is 1.85. The van der Waals surface area contributed by atoms with Gasteiger partial charge < -0.3 is 5.11 Å². The van der Waals surface area contributed by atoms with Gasteiger partial charge in [0.2, 0.25) is 0 Å². The van der Waals surface area contributed by atoms with Gasteiger partial charge >= 0.3 is 29.0 Å². The number of hydrogen-bond donors (Lipinski definition) is 1. The van der Waals surface area contributed by atoms with Crippen molar-refractivity contribution in [1.29, 1.82) is 0 Å². The van der Waals surface area contributed by atoms with E-state index in [4.69, 9.17) is 5.11 Å². The highest BCUT2D eigenvalue weighted by Gasteiger charge is 1.96. The minimum absolute atomic E-state index is 0. The van der Waals surface area contributed by atoms with Crippen LogP contribution in [0.1, 0.15) is 71.1 Å². The van der Waals surface area contributed by atoms with E-state index in [0.29, 0.717) is 0 Å². The van der Waals surface area contributed by atoms with Crippen LogP contribution in [0.5, 0.6) is 0 Å². The Morgan fingerprint density at radius 2 is 1.33 bits per heavy atom. The third kappa shape index (κ3) is 18.9. The Morgan fingerprint density at radius 3 is 1.78 bits per heavy atom. The largest absolute Gasteiger partial charge is 0.481 e. The Morgan fingerprint density at radius 1 is 0.889 bits per heavy atom. The molecule has 0 aromatic heterocycles. The van der Waals surface area contributed by atoms with E-state index in [1.807, 2.05) is 0 Å². The summed E-state index contributed by atoms with van der Waals surface area (Å²) in [6.45, 7) is 2.25. The van der Waals surface area contributed by atoms with Crippen LogP contribution in [0, 0.1) is 0 Å². The molecule has 18 heavy (non-hydrogen) atoms. The van der Waals surface area contributed by atoms with Gasteiger partial charge in [0.1, 0.15) is 0 Å². The van der Waals surface area contributed by atoms with Crippen molar-refractivity contribution in [2.75, 3.05) is 11.5 Å². The zero-order valence-electron chi connectivity index (χ0n) is 11.2. The van der Waals surface area contributed by atoms with Gasteiger partial charge in [-0.25, -0.2) is 0 Å². The van der Waals surface area contributed by atoms with Gasteiger partial charge in [-0.05, 0) is 12.2 Å². The summed E-state index contributed by atoms with van der Waals surface area (Å²) in [5.74, 6) is 0.572. The lowest BCUT2D eigenvalue weighted by molar-refractivity contribution is -0.133. The van der Waals surface area contributed by atoms with Crippen molar-refractivity contribution in [1.82, 2.24) is 0 Å². The summed E-state index contributed by atoms with van der Waals surface area (Å²) in [5.41, 5.74) is 0. The van der Waals surface area contributed by atoms with Crippen LogP contribution in [0.15, 0.2) is 0 Å². The van der Waals surface area contributed by atoms with Crippen molar-refractivity contribution in [3.63, 3.8) is 0 Å². The van der Waals surface area contributed by atoms with E-state index in [0.717, 1.165) is 5.75 Å². The molecule has 0 amide bonds. The first-order valence-corrected chi connectivity index (χ1v) is 8.22. The highest BCUT2D eigenvalue weighted by molar-refractivity contribution is 7.99. The summed E-state index contributed by atoms with van der Waals surface area (Å²) in [6, 6.07) is 0. The van der Waals surface area contributed by atoms with Gasteiger partial charge in [-0.15, -0.1) is 0 Å². The third-order valence-electron chi connectivity index (χ3n) is 2.87. The lowest BCUT2D eigenvalue weighted by Crippen LogP contribution is -1.98. The van der Waals surface area contributed by atoms with Crippen molar-refractivity contribution in [2.45, 2.75) is 71.1 Å². The van der Waals surface area contributed by atoms with Crippen LogP contribution >= 0.6 is 11.8 Å². The minimum atomic E-state index is -0.693. The molecule has 0 fully saturated rings. The van der Waals surface area contributed by atoms with Gasteiger partial charge in [0.05, 0.1) is 5.75 Å². The molecule has 0 atom stereocenters. The molecule has 0 spiro atoms. The summed E-state index contributed by atoms with van der Waals surface area (Å²) in [4.78, 5) is 10.3. The Balaban J connectivity index is 0. The Hall–Kier alpha value is 0.586. The standard InChI is InChI=1S/C14H28O2S.Mg.2H/c1-2-3-4-5-6-7-8-9-10-11-12-17-13-14(15)16;;;/h2-13H2,1H3,(H,15,16);;;. The molecule has 0 unspecified atom stereocenters. The van der Waals surface area contributed by atoms with Crippen molar-refractivity contribution in [2.24, 2.45) is 0 Å². The minimum Gasteiger partial charge on any atom is -0.481 e. The van der Waals surface area contributed by atoms with E-state index in [9.17, 15) is 4.79 Å². The molecule has 0 aliphatic heterocycles. The predicted molar refractivity (Wildman–Crippen MR) is 85.3 cm³/mol. The second-order valence-corrected chi connectivity index (χ2v) is 5.73. The highest BCUT2D eigenvalue weighted by Crippen LogP contribution is 2.12. The number of unbranched alkanes of at least 4 members (excludes halogenated alkanes) is 9. The molecule has 0 heterocycles. The molecule has 0 aromatic rings. The van der Waals surface area contributed by atoms with Crippen LogP contribution in [-0.2, 0) is 4.79 Å². The molecule has 2 nitrogen and oxygen atoms in total. The summed E-state index contributed by atoms with van der Waals surface area (Å²) in [7, 11) is 0. The molecule has 0 saturated carbocycles. The fourth-order valence-corrected chi connectivity index (χ4v) is 2.58. The molecular weight excluding hydrogens is 257 g/mol. The van der Waals surface area contributed by atoms with Crippen molar-refractivity contribution < 1.29 is 9.90 Å². The van der Waals surface area contributed by atoms with Crippen molar-refractivity contribution in [3.8, 4) is 0 Å². The number of carbonyl (C=O) groups is 1. The van der Waals surface area contributed by atoms with Crippen LogP contribution in [0.25, 0.3) is 0 Å². The highest BCUT2D eigenvalue weighted by atomic mass is 32.2. The first kappa shape index (κ1) is 20.9. The van der Waals surface area contributed by atoms with Gasteiger partial charge in [-0.3, -0.25) is 4.79 Å². The first-order chi connectivity index (χ1) is 8.27. The zero-order valence-corrected chi connectivity index (χ0v) is 12.1. The van der Waals surface area contributed by atoms with Crippen LogP contribution in [-0.4, -0.2) is 45.6 Å². The smallest absolute Gasteiger partial charge is 0.316 e. The lowest BCUT2D eigenvalue weighted by atomic mass is 10.1. The monoisotopic (exact) mass is 286 g/mol. The number of carboxylic acid groups (broad SMARTS) is 1. The van der Waals surface area contributed by atoms with Crippen LogP contribution < -0.4 is 0 Å². The average Bonchev–Trinajstić information content (AvgIpc) is 2.30. The van der Waals surface area contributed by atoms with Crippen LogP contribution in [0.3, 0.4) is 0 Å². The number of hydrogen-bond acceptors (Lipinski definition) is 2. The maximum Gasteiger partial charge on any atom is 0.316 e. The Bertz CT molecular complexity index is 177. The number of rotatable bonds is 13. The second kappa shape index (κ2) is 17.6. The van der Waals surface area contributed by atoms with E-state index < -0.39 is 5.97 Å². The van der Waals surface area contributed by atoms with E-state index in [1.54, 1.807) is 0 Å². The number of aliphatic carboxylic acids is 1. The van der Waals surface area contributed by atoms with Gasteiger partial charge in [0.25, 0.3) is 0 Å². The second-order valence-electron chi connectivity index (χ2n) is 4.63. The molecule has 4 heteroatoms. The maximum absolute atomic E-state index is 10.3. The first-order valence-electron chi connectivity index (χ1n) is 7.07. The molecule has 0 aliphatic carbocycles. The third-order valence-corrected chi connectivity index (χ3v) is 3.90. The fraction of sp³-hybridized carbons (Fsp3) is 0.929. The number of thioether (sulfide) groups is 1. The summed E-state index contributed by atoms with van der Waals surface area (Å²) in [6.07, 6.45) is 13.4. The molecule has 0 aliphatic rings. The molecule has 1 N–H and O–H groups in total. The summed E-state index contributed by atoms with van der Waals surface area (Å²) < 4.78 is 0. The molecule has 0 saturated heterocycles. The van der Waals surface area contributed by atoms with Crippen molar-refractivity contribution in [3.05, 3.63) is 0 Å². The van der Waals surface area contributed by atoms with E-state index in [2.05, 4.69) is 6.92 Å². The predicted octanol–water partition coefficient (Wildman–Crippen LogP) is 3.81. The maximum atomic E-state index is 10.3. The van der Waals surface area contributed by atoms with E-state index in [1.165, 1.54) is 76.0 Å². The van der Waals surface area contributed by atoms with Crippen LogP contribution in [0.2, 0.25) is 0 Å². The van der Waals surface area contributed by atoms with Gasteiger partial charge in [-0.2, -0.15) is 11.8 Å². The SMILES string of the molecule is CCCCCCCCCCCCSCC(=O)O.[MgH2]. The molecule has 106 valence electrons. The molecular formula is C14H30MgO2S. The van der Waals surface area contributed by atoms with Gasteiger partial charge in [0.15, 0.2) is 0 Å². The van der Waals surface area contributed by atoms with Gasteiger partial charge in [-0.1, -0.05) is 64.7 Å². The molecule has 0 aromatic carbocycles. The van der Waals surface area contributed by atoms with E-state index >= 15 is 0 Å². The number of carboxylic acids is 1. The Kier molecular flexibility index (Phi) is 20.4. The zero-order chi connectivity index (χ0) is 12.8. The van der Waals surface area contributed by atoms with E-state index in [-0.39, 0.29) is 28.8 Å². The molecule has 0 bridgehead atoms. The molecule has 0 rings (SSSR count). The van der Waals surface area contributed by atoms with Crippen LogP contribution in [0.4, 0.5) is 0 Å². The van der Waals surface area contributed by atoms with Crippen molar-refractivity contribution >= 4 is 40.8 Å². The average molecular weight is 287 g/mol. The quantitative estimate of drug-likeness (QED) is 0.413. The molecule has 0 radical (unpaired) electrons. The summed E-state index contributed by atoms with van der Waals surface area (Å²) >= 11 is 1.54. The normalized spacial score (nSPS) is 10.1. The lowest BCUT2D eigenvalue weighted by Gasteiger charge is -2.02.